The Labute approximate surface area is 143 Å². The Balaban J connectivity index is 2.45. The van der Waals surface area contributed by atoms with Crippen molar-refractivity contribution in [3.05, 3.63) is 26.9 Å². The molecule has 1 aromatic rings. The number of hydrogen-bond donors (Lipinski definition) is 4. The highest BCUT2D eigenvalue weighted by atomic mass is 32.1. The number of rotatable bonds is 5. The van der Waals surface area contributed by atoms with E-state index in [4.69, 9.17) is 21.7 Å². The van der Waals surface area contributed by atoms with E-state index in [1.54, 1.807) is 13.8 Å². The summed E-state index contributed by atoms with van der Waals surface area (Å²) in [6.45, 7) is 2.41. The number of carbonyl (C=O) groups is 1. The number of carbonyl (C=O) groups excluding carboxylic acids is 1. The topological polar surface area (TPSA) is 126 Å². The number of ether oxygens (including phenoxy) is 2. The molecule has 4 N–H and O–H groups in total. The molecule has 9 nitrogen and oxygen atoms in total. The third-order valence-corrected chi connectivity index (χ3v) is 4.42. The van der Waals surface area contributed by atoms with Crippen molar-refractivity contribution < 1.29 is 24.5 Å². The van der Waals surface area contributed by atoms with Gasteiger partial charge in [-0.15, -0.1) is 0 Å². The molecule has 2 rings (SSSR count). The molecule has 4 atom stereocenters. The number of aliphatic hydroxyl groups excluding tert-OH is 2. The highest BCUT2D eigenvalue weighted by molar-refractivity contribution is 7.71. The van der Waals surface area contributed by atoms with Gasteiger partial charge in [0.1, 0.15) is 24.4 Å². The van der Waals surface area contributed by atoms with Crippen molar-refractivity contribution in [2.75, 3.05) is 20.3 Å². The zero-order valence-corrected chi connectivity index (χ0v) is 14.4. The predicted octanol–water partition coefficient (Wildman–Crippen LogP) is -1.01. The van der Waals surface area contributed by atoms with Crippen LogP contribution in [0.4, 0.5) is 0 Å². The molecule has 1 aromatic heterocycles. The maximum Gasteiger partial charge on any atom is 0.254 e. The third kappa shape index (κ3) is 3.28. The quantitative estimate of drug-likeness (QED) is 0.496. The summed E-state index contributed by atoms with van der Waals surface area (Å²) in [5.74, 6) is -0.379. The van der Waals surface area contributed by atoms with Gasteiger partial charge in [0.15, 0.2) is 11.0 Å². The van der Waals surface area contributed by atoms with E-state index in [1.807, 2.05) is 0 Å². The molecule has 1 aliphatic heterocycles. The zero-order chi connectivity index (χ0) is 18.1. The SMILES string of the molecule is CNC(=O)COC1(C)C(O)[C@@H](CO)O[C@H]1n1cc(C)c(=O)[nH]c1=S. The van der Waals surface area contributed by atoms with Crippen LogP contribution in [0.15, 0.2) is 11.0 Å². The molecule has 0 aromatic carbocycles. The average Bonchev–Trinajstić information content (AvgIpc) is 2.80. The lowest BCUT2D eigenvalue weighted by atomic mass is 9.96. The lowest BCUT2D eigenvalue weighted by Crippen LogP contribution is -2.48. The zero-order valence-electron chi connectivity index (χ0n) is 13.6. The van der Waals surface area contributed by atoms with Crippen LogP contribution in [-0.2, 0) is 14.3 Å². The van der Waals surface area contributed by atoms with Crippen LogP contribution in [0.1, 0.15) is 18.7 Å². The van der Waals surface area contributed by atoms with E-state index in [2.05, 4.69) is 10.3 Å². The van der Waals surface area contributed by atoms with Crippen LogP contribution in [0, 0.1) is 11.7 Å². The van der Waals surface area contributed by atoms with Gasteiger partial charge in [0.2, 0.25) is 5.91 Å². The van der Waals surface area contributed by atoms with Crippen LogP contribution in [0.25, 0.3) is 0 Å². The Morgan fingerprint density at radius 2 is 2.29 bits per heavy atom. The van der Waals surface area contributed by atoms with Gasteiger partial charge in [-0.1, -0.05) is 0 Å². The van der Waals surface area contributed by atoms with Gasteiger partial charge in [-0.25, -0.2) is 0 Å². The summed E-state index contributed by atoms with van der Waals surface area (Å²) in [6, 6.07) is 0. The first-order valence-electron chi connectivity index (χ1n) is 7.35. The average molecular weight is 359 g/mol. The second-order valence-electron chi connectivity index (χ2n) is 5.78. The molecule has 0 aliphatic carbocycles. The van der Waals surface area contributed by atoms with Gasteiger partial charge in [0.25, 0.3) is 5.56 Å². The Morgan fingerprint density at radius 3 is 2.88 bits per heavy atom. The summed E-state index contributed by atoms with van der Waals surface area (Å²) < 4.78 is 12.8. The number of aromatic amines is 1. The largest absolute Gasteiger partial charge is 0.394 e. The first-order valence-corrected chi connectivity index (χ1v) is 7.76. The fourth-order valence-corrected chi connectivity index (χ4v) is 2.83. The Bertz CT molecular complexity index is 732. The smallest absolute Gasteiger partial charge is 0.254 e. The first-order chi connectivity index (χ1) is 11.2. The molecule has 2 heterocycles. The van der Waals surface area contributed by atoms with Crippen LogP contribution in [0.5, 0.6) is 0 Å². The van der Waals surface area contributed by atoms with Crippen molar-refractivity contribution in [2.24, 2.45) is 0 Å². The molecule has 1 amide bonds. The van der Waals surface area contributed by atoms with Crippen LogP contribution >= 0.6 is 12.2 Å². The van der Waals surface area contributed by atoms with Crippen molar-refractivity contribution in [1.82, 2.24) is 14.9 Å². The van der Waals surface area contributed by atoms with Crippen molar-refractivity contribution >= 4 is 18.1 Å². The van der Waals surface area contributed by atoms with E-state index in [0.717, 1.165) is 0 Å². The summed E-state index contributed by atoms with van der Waals surface area (Å²) in [5, 5.41) is 22.3. The van der Waals surface area contributed by atoms with Gasteiger partial charge in [-0.2, -0.15) is 0 Å². The number of H-pyrrole nitrogens is 1. The standard InChI is InChI=1S/C14H21N3O6S/c1-7-4-17(13(24)16-11(7)21)12-14(2,22-6-9(19)15-3)10(20)8(5-18)23-12/h4,8,10,12,18,20H,5-6H2,1-3H3,(H,15,19)(H,16,21,24)/t8-,10?,12-,14?/m1/s1. The van der Waals surface area contributed by atoms with Crippen LogP contribution in [-0.4, -0.2) is 63.7 Å². The molecule has 2 unspecified atom stereocenters. The minimum absolute atomic E-state index is 0.0798. The summed E-state index contributed by atoms with van der Waals surface area (Å²) in [5.41, 5.74) is -1.30. The van der Waals surface area contributed by atoms with Crippen molar-refractivity contribution in [3.8, 4) is 0 Å². The van der Waals surface area contributed by atoms with Gasteiger partial charge in [0, 0.05) is 18.8 Å². The molecule has 1 saturated heterocycles. The maximum absolute atomic E-state index is 11.7. The minimum atomic E-state index is -1.36. The molecule has 24 heavy (non-hydrogen) atoms. The van der Waals surface area contributed by atoms with E-state index in [1.165, 1.54) is 17.8 Å². The van der Waals surface area contributed by atoms with Crippen molar-refractivity contribution in [2.45, 2.75) is 37.9 Å². The summed E-state index contributed by atoms with van der Waals surface area (Å²) in [6.07, 6.45) is -1.57. The third-order valence-electron chi connectivity index (χ3n) is 4.11. The molecule has 0 saturated carbocycles. The van der Waals surface area contributed by atoms with Gasteiger partial charge in [0.05, 0.1) is 6.61 Å². The number of hydrogen-bond acceptors (Lipinski definition) is 7. The predicted molar refractivity (Wildman–Crippen MR) is 86.1 cm³/mol. The Hall–Kier alpha value is -1.59. The molecule has 1 aliphatic rings. The lowest BCUT2D eigenvalue weighted by molar-refractivity contribution is -0.155. The molecule has 0 spiro atoms. The number of likely N-dealkylation sites (N-methyl/N-ethyl adjacent to an activating group) is 1. The number of amides is 1. The van der Waals surface area contributed by atoms with E-state index < -0.39 is 30.6 Å². The second-order valence-corrected chi connectivity index (χ2v) is 6.17. The van der Waals surface area contributed by atoms with Crippen LogP contribution in [0.3, 0.4) is 0 Å². The number of aliphatic hydroxyl groups is 2. The summed E-state index contributed by atoms with van der Waals surface area (Å²) in [4.78, 5) is 25.7. The van der Waals surface area contributed by atoms with Crippen molar-refractivity contribution in [3.63, 3.8) is 0 Å². The van der Waals surface area contributed by atoms with Gasteiger partial charge in [-0.3, -0.25) is 19.1 Å². The molecule has 1 fully saturated rings. The molecule has 10 heteroatoms. The molecule has 134 valence electrons. The first kappa shape index (κ1) is 18.7. The monoisotopic (exact) mass is 359 g/mol. The number of aromatic nitrogens is 2. The van der Waals surface area contributed by atoms with E-state index >= 15 is 0 Å². The summed E-state index contributed by atoms with van der Waals surface area (Å²) >= 11 is 5.16. The lowest BCUT2D eigenvalue weighted by Gasteiger charge is -2.33. The Kier molecular flexibility index (Phi) is 5.56. The fourth-order valence-electron chi connectivity index (χ4n) is 2.59. The van der Waals surface area contributed by atoms with Crippen LogP contribution in [0.2, 0.25) is 0 Å². The molecule has 0 bridgehead atoms. The molecule has 0 radical (unpaired) electrons. The number of nitrogens with one attached hydrogen (secondary N) is 2. The van der Waals surface area contributed by atoms with Gasteiger partial charge >= 0.3 is 0 Å². The van der Waals surface area contributed by atoms with E-state index in [0.29, 0.717) is 5.56 Å². The molecular weight excluding hydrogens is 338 g/mol. The maximum atomic E-state index is 11.7. The highest BCUT2D eigenvalue weighted by Gasteiger charge is 2.55. The number of aryl methyl sites for hydroxylation is 1. The molecular formula is C14H21N3O6S. The number of nitrogens with zero attached hydrogens (tertiary/aromatic N) is 1. The second kappa shape index (κ2) is 7.11. The van der Waals surface area contributed by atoms with Gasteiger partial charge in [-0.05, 0) is 26.1 Å². The highest BCUT2D eigenvalue weighted by Crippen LogP contribution is 2.41. The Morgan fingerprint density at radius 1 is 1.62 bits per heavy atom. The minimum Gasteiger partial charge on any atom is -0.394 e. The normalized spacial score (nSPS) is 29.6. The van der Waals surface area contributed by atoms with Crippen molar-refractivity contribution in [1.29, 1.82) is 0 Å². The fraction of sp³-hybridized carbons (Fsp3) is 0.643. The van der Waals surface area contributed by atoms with Crippen LogP contribution < -0.4 is 10.9 Å². The van der Waals surface area contributed by atoms with E-state index in [-0.39, 0.29) is 22.8 Å². The van der Waals surface area contributed by atoms with Gasteiger partial charge < -0.3 is 25.0 Å². The summed E-state index contributed by atoms with van der Waals surface area (Å²) in [7, 11) is 1.46. The van der Waals surface area contributed by atoms with E-state index in [9.17, 15) is 19.8 Å².